The summed E-state index contributed by atoms with van der Waals surface area (Å²) in [7, 11) is 4.10. The summed E-state index contributed by atoms with van der Waals surface area (Å²) in [6.45, 7) is 0.853. The van der Waals surface area contributed by atoms with Gasteiger partial charge in [-0.05, 0) is 57.4 Å². The lowest BCUT2D eigenvalue weighted by Gasteiger charge is -2.50. The molecule has 2 atom stereocenters. The topological polar surface area (TPSA) is 32.7 Å². The van der Waals surface area contributed by atoms with E-state index in [-0.39, 0.29) is 11.6 Å². The molecule has 3 saturated carbocycles. The van der Waals surface area contributed by atoms with Gasteiger partial charge in [0.15, 0.2) is 0 Å². The maximum absolute atomic E-state index is 10.1. The lowest BCUT2D eigenvalue weighted by atomic mass is 9.67. The summed E-state index contributed by atoms with van der Waals surface area (Å²) in [5.74, 6) is 0. The van der Waals surface area contributed by atoms with Gasteiger partial charge in [-0.2, -0.15) is 0 Å². The van der Waals surface area contributed by atoms with Crippen molar-refractivity contribution in [3.8, 4) is 0 Å². The molecule has 0 aromatic rings. The summed E-state index contributed by atoms with van der Waals surface area (Å²) in [6.07, 6.45) is 11.2. The van der Waals surface area contributed by atoms with Crippen LogP contribution in [0, 0.1) is 5.41 Å². The summed E-state index contributed by atoms with van der Waals surface area (Å²) in [5.41, 5.74) is 0.781. The second-order valence-corrected chi connectivity index (χ2v) is 7.28. The molecule has 0 aliphatic heterocycles. The highest BCUT2D eigenvalue weighted by Gasteiger charge is 2.55. The Morgan fingerprint density at radius 3 is 2.42 bits per heavy atom. The van der Waals surface area contributed by atoms with E-state index in [0.29, 0.717) is 11.5 Å². The Labute approximate surface area is 117 Å². The minimum atomic E-state index is -0.0861. The van der Waals surface area contributed by atoms with Crippen molar-refractivity contribution in [1.29, 1.82) is 0 Å². The van der Waals surface area contributed by atoms with Crippen LogP contribution in [0.2, 0.25) is 0 Å². The van der Waals surface area contributed by atoms with Crippen molar-refractivity contribution in [1.82, 2.24) is 4.90 Å². The Bertz CT molecular complexity index is 321. The van der Waals surface area contributed by atoms with Gasteiger partial charge in [0.2, 0.25) is 0 Å². The number of aliphatic hydroxyl groups excluding tert-OH is 1. The monoisotopic (exact) mass is 267 g/mol. The number of hydrogen-bond donors (Lipinski definition) is 1. The molecule has 0 aromatic carbocycles. The van der Waals surface area contributed by atoms with Crippen LogP contribution >= 0.6 is 0 Å². The number of hydrogen-bond acceptors (Lipinski definition) is 3. The van der Waals surface area contributed by atoms with Gasteiger partial charge in [0.1, 0.15) is 0 Å². The molecule has 1 N–H and O–H groups in total. The van der Waals surface area contributed by atoms with E-state index in [1.807, 2.05) is 7.11 Å². The number of ether oxygens (including phenoxy) is 1. The highest BCUT2D eigenvalue weighted by molar-refractivity contribution is 5.09. The smallest absolute Gasteiger partial charge is 0.0646 e. The molecule has 0 radical (unpaired) electrons. The molecule has 0 saturated heterocycles. The first-order valence-corrected chi connectivity index (χ1v) is 8.02. The predicted octanol–water partition coefficient (Wildman–Crippen LogP) is 2.57. The lowest BCUT2D eigenvalue weighted by molar-refractivity contribution is -0.0504. The number of methoxy groups -OCH3 is 1. The number of likely N-dealkylation sites (N-methyl/N-ethyl adjacent to an activating group) is 1. The number of aliphatic hydroxyl groups is 1. The highest BCUT2D eigenvalue weighted by Crippen LogP contribution is 2.54. The van der Waals surface area contributed by atoms with Gasteiger partial charge < -0.3 is 9.84 Å². The molecule has 3 heteroatoms. The summed E-state index contributed by atoms with van der Waals surface area (Å²) >= 11 is 0. The number of nitrogens with zero attached hydrogens (tertiary/aromatic N) is 1. The van der Waals surface area contributed by atoms with Crippen LogP contribution in [0.1, 0.15) is 57.8 Å². The van der Waals surface area contributed by atoms with Crippen molar-refractivity contribution >= 4 is 0 Å². The molecule has 110 valence electrons. The maximum atomic E-state index is 10.1. The molecule has 1 spiro atoms. The van der Waals surface area contributed by atoms with Crippen molar-refractivity contribution < 1.29 is 9.84 Å². The van der Waals surface area contributed by atoms with Gasteiger partial charge in [0.05, 0.1) is 12.7 Å². The minimum Gasteiger partial charge on any atom is -0.393 e. The van der Waals surface area contributed by atoms with Gasteiger partial charge in [-0.3, -0.25) is 4.90 Å². The second kappa shape index (κ2) is 5.01. The average molecular weight is 267 g/mol. The van der Waals surface area contributed by atoms with Gasteiger partial charge in [-0.1, -0.05) is 12.8 Å². The average Bonchev–Trinajstić information content (AvgIpc) is 3.04. The molecule has 0 heterocycles. The minimum absolute atomic E-state index is 0.0861. The molecule has 0 amide bonds. The van der Waals surface area contributed by atoms with Crippen LogP contribution in [0.5, 0.6) is 0 Å². The summed E-state index contributed by atoms with van der Waals surface area (Å²) in [4.78, 5) is 2.60. The molecule has 2 unspecified atom stereocenters. The Kier molecular flexibility index (Phi) is 3.65. The summed E-state index contributed by atoms with van der Waals surface area (Å²) in [6, 6.07) is 0.566. The fourth-order valence-electron chi connectivity index (χ4n) is 4.82. The molecule has 3 nitrogen and oxygen atoms in total. The van der Waals surface area contributed by atoms with Crippen molar-refractivity contribution in [3.63, 3.8) is 0 Å². The third-order valence-electron chi connectivity index (χ3n) is 6.23. The van der Waals surface area contributed by atoms with E-state index in [4.69, 9.17) is 4.74 Å². The molecule has 0 aromatic heterocycles. The van der Waals surface area contributed by atoms with Crippen LogP contribution < -0.4 is 0 Å². The van der Waals surface area contributed by atoms with Gasteiger partial charge in [-0.25, -0.2) is 0 Å². The van der Waals surface area contributed by atoms with Gasteiger partial charge in [0.25, 0.3) is 0 Å². The van der Waals surface area contributed by atoms with Crippen molar-refractivity contribution in [2.75, 3.05) is 20.8 Å². The van der Waals surface area contributed by atoms with Gasteiger partial charge in [0, 0.05) is 18.7 Å². The molecule has 3 fully saturated rings. The van der Waals surface area contributed by atoms with Crippen molar-refractivity contribution in [3.05, 3.63) is 0 Å². The normalized spacial score (nSPS) is 36.0. The molecule has 19 heavy (non-hydrogen) atoms. The maximum Gasteiger partial charge on any atom is 0.0646 e. The van der Waals surface area contributed by atoms with E-state index in [1.165, 1.54) is 44.9 Å². The van der Waals surface area contributed by atoms with E-state index in [1.54, 1.807) is 0 Å². The van der Waals surface area contributed by atoms with Crippen LogP contribution in [0.3, 0.4) is 0 Å². The number of rotatable bonds is 4. The van der Waals surface area contributed by atoms with E-state index in [9.17, 15) is 5.11 Å². The van der Waals surface area contributed by atoms with Crippen LogP contribution in [0.4, 0.5) is 0 Å². The third-order valence-corrected chi connectivity index (χ3v) is 6.23. The zero-order valence-corrected chi connectivity index (χ0v) is 12.5. The molecule has 3 aliphatic rings. The Morgan fingerprint density at radius 2 is 1.84 bits per heavy atom. The van der Waals surface area contributed by atoms with Crippen LogP contribution in [0.25, 0.3) is 0 Å². The van der Waals surface area contributed by atoms with Crippen LogP contribution in [-0.2, 0) is 4.74 Å². The zero-order chi connectivity index (χ0) is 13.5. The first kappa shape index (κ1) is 13.8. The first-order valence-electron chi connectivity index (χ1n) is 8.02. The SMILES string of the molecule is COCC1(N(C)C2CC(O)CCC23CCCC3)CC1. The van der Waals surface area contributed by atoms with E-state index >= 15 is 0 Å². The lowest BCUT2D eigenvalue weighted by Crippen LogP contribution is -2.55. The third kappa shape index (κ3) is 2.34. The van der Waals surface area contributed by atoms with Crippen molar-refractivity contribution in [2.24, 2.45) is 5.41 Å². The molecular formula is C16H29NO2. The van der Waals surface area contributed by atoms with Crippen molar-refractivity contribution in [2.45, 2.75) is 75.5 Å². The molecule has 3 aliphatic carbocycles. The highest BCUT2D eigenvalue weighted by atomic mass is 16.5. The Balaban J connectivity index is 1.79. The quantitative estimate of drug-likeness (QED) is 0.850. The predicted molar refractivity (Wildman–Crippen MR) is 76.2 cm³/mol. The molecular weight excluding hydrogens is 238 g/mol. The van der Waals surface area contributed by atoms with Gasteiger partial charge in [-0.15, -0.1) is 0 Å². The van der Waals surface area contributed by atoms with E-state index in [0.717, 1.165) is 19.4 Å². The molecule has 3 rings (SSSR count). The molecule has 0 bridgehead atoms. The van der Waals surface area contributed by atoms with E-state index in [2.05, 4.69) is 11.9 Å². The largest absolute Gasteiger partial charge is 0.393 e. The van der Waals surface area contributed by atoms with E-state index < -0.39 is 0 Å². The van der Waals surface area contributed by atoms with Gasteiger partial charge >= 0.3 is 0 Å². The summed E-state index contributed by atoms with van der Waals surface area (Å²) < 4.78 is 5.45. The zero-order valence-electron chi connectivity index (χ0n) is 12.5. The Hall–Kier alpha value is -0.120. The Morgan fingerprint density at radius 1 is 1.16 bits per heavy atom. The van der Waals surface area contributed by atoms with Crippen LogP contribution in [0.15, 0.2) is 0 Å². The van der Waals surface area contributed by atoms with Crippen LogP contribution in [-0.4, -0.2) is 48.5 Å². The summed E-state index contributed by atoms with van der Waals surface area (Å²) in [5, 5.41) is 10.1. The second-order valence-electron chi connectivity index (χ2n) is 7.28. The standard InChI is InChI=1S/C16H29NO2/c1-17(16(9-10-16)12-19-2)14-11-13(18)5-8-15(14)6-3-4-7-15/h13-14,18H,3-12H2,1-2H3. The first-order chi connectivity index (χ1) is 9.12. The fraction of sp³-hybridized carbons (Fsp3) is 1.00. The fourth-order valence-corrected chi connectivity index (χ4v) is 4.82.